The van der Waals surface area contributed by atoms with Crippen molar-refractivity contribution in [1.82, 2.24) is 9.88 Å². The number of carbonyl (C=O) groups is 1. The first kappa shape index (κ1) is 28.2. The zero-order valence-corrected chi connectivity index (χ0v) is 22.7. The molecule has 6 nitrogen and oxygen atoms in total. The second kappa shape index (κ2) is 11.9. The van der Waals surface area contributed by atoms with Crippen molar-refractivity contribution in [1.29, 1.82) is 0 Å². The summed E-state index contributed by atoms with van der Waals surface area (Å²) in [6.07, 6.45) is 1.90. The van der Waals surface area contributed by atoms with E-state index < -0.39 is 11.9 Å². The number of hydrogen-bond donors (Lipinski definition) is 1. The highest BCUT2D eigenvalue weighted by atomic mass is 19.3. The molecule has 0 unspecified atom stereocenters. The van der Waals surface area contributed by atoms with Gasteiger partial charge < -0.3 is 14.7 Å². The van der Waals surface area contributed by atoms with Gasteiger partial charge >= 0.3 is 5.97 Å². The smallest absolute Gasteiger partial charge is 0.335 e. The molecule has 1 aliphatic rings. The van der Waals surface area contributed by atoms with Crippen LogP contribution in [0.4, 0.5) is 14.5 Å². The van der Waals surface area contributed by atoms with Gasteiger partial charge in [-0.05, 0) is 62.2 Å². The molecule has 1 N–H and O–H groups in total. The van der Waals surface area contributed by atoms with Crippen molar-refractivity contribution in [2.45, 2.75) is 45.1 Å². The molecule has 0 atom stereocenters. The number of piperidine rings is 1. The summed E-state index contributed by atoms with van der Waals surface area (Å²) < 4.78 is 32.7. The molecule has 39 heavy (non-hydrogen) atoms. The molecule has 0 aliphatic carbocycles. The Hall–Kier alpha value is -3.78. The van der Waals surface area contributed by atoms with E-state index in [9.17, 15) is 18.7 Å². The van der Waals surface area contributed by atoms with Crippen LogP contribution in [0.15, 0.2) is 72.9 Å². The number of rotatable bonds is 10. The summed E-state index contributed by atoms with van der Waals surface area (Å²) in [6.45, 7) is 9.86. The molecule has 2 aromatic carbocycles. The van der Waals surface area contributed by atoms with Crippen molar-refractivity contribution in [2.24, 2.45) is 0 Å². The maximum absolute atomic E-state index is 13.4. The highest BCUT2D eigenvalue weighted by Gasteiger charge is 2.24. The van der Waals surface area contributed by atoms with Crippen molar-refractivity contribution in [3.8, 4) is 5.88 Å². The van der Waals surface area contributed by atoms with Crippen LogP contribution in [0.5, 0.6) is 5.88 Å². The molecule has 1 saturated heterocycles. The van der Waals surface area contributed by atoms with Gasteiger partial charge in [-0.2, -0.15) is 0 Å². The van der Waals surface area contributed by atoms with Gasteiger partial charge in [0.1, 0.15) is 6.61 Å². The number of aromatic nitrogens is 1. The Labute approximate surface area is 228 Å². The Morgan fingerprint density at radius 3 is 2.49 bits per heavy atom. The molecular weight excluding hydrogens is 500 g/mol. The number of hydrogen-bond acceptors (Lipinski definition) is 5. The molecule has 4 rings (SSSR count). The fraction of sp³-hybridized carbons (Fsp3) is 0.355. The number of likely N-dealkylation sites (tertiary alicyclic amines) is 1. The number of halogens is 2. The van der Waals surface area contributed by atoms with Crippen LogP contribution >= 0.6 is 0 Å². The predicted molar refractivity (Wildman–Crippen MR) is 149 cm³/mol. The highest BCUT2D eigenvalue weighted by Crippen LogP contribution is 2.30. The minimum absolute atomic E-state index is 0.0181. The maximum atomic E-state index is 13.4. The Morgan fingerprint density at radius 1 is 1.15 bits per heavy atom. The number of aromatic carboxylic acids is 1. The summed E-state index contributed by atoms with van der Waals surface area (Å²) in [5, 5.41) is 9.35. The van der Waals surface area contributed by atoms with E-state index in [4.69, 9.17) is 9.72 Å². The number of ether oxygens (including phenoxy) is 1. The van der Waals surface area contributed by atoms with Gasteiger partial charge in [0, 0.05) is 55.1 Å². The normalized spacial score (nSPS) is 14.7. The number of benzene rings is 2. The minimum Gasteiger partial charge on any atom is -0.478 e. The Kier molecular flexibility index (Phi) is 8.65. The van der Waals surface area contributed by atoms with Crippen molar-refractivity contribution in [3.05, 3.63) is 101 Å². The molecule has 0 bridgehead atoms. The lowest BCUT2D eigenvalue weighted by Gasteiger charge is -2.34. The predicted octanol–water partition coefficient (Wildman–Crippen LogP) is 6.61. The molecule has 0 radical (unpaired) electrons. The second-order valence-electron chi connectivity index (χ2n) is 10.3. The van der Waals surface area contributed by atoms with E-state index in [1.165, 1.54) is 12.1 Å². The third-order valence-electron chi connectivity index (χ3n) is 7.30. The molecule has 0 amide bonds. The monoisotopic (exact) mass is 535 g/mol. The molecule has 3 aromatic rings. The highest BCUT2D eigenvalue weighted by molar-refractivity contribution is 5.89. The third kappa shape index (κ3) is 7.20. The van der Waals surface area contributed by atoms with E-state index in [-0.39, 0.29) is 17.7 Å². The van der Waals surface area contributed by atoms with E-state index in [1.807, 2.05) is 43.1 Å². The quantitative estimate of drug-likeness (QED) is 0.315. The number of aryl methyl sites for hydroxylation is 1. The van der Waals surface area contributed by atoms with E-state index in [1.54, 1.807) is 24.3 Å². The third-order valence-corrected chi connectivity index (χ3v) is 7.30. The van der Waals surface area contributed by atoms with Crippen molar-refractivity contribution in [3.63, 3.8) is 0 Å². The van der Waals surface area contributed by atoms with Gasteiger partial charge in [0.25, 0.3) is 5.92 Å². The van der Waals surface area contributed by atoms with Gasteiger partial charge in [-0.25, -0.2) is 18.6 Å². The standard InChI is InChI=1S/C31H35F2N3O3/c1-21-8-11-25(30(37)38)18-28(21)35(4)22(2)19-36-16-14-24(15-17-36)27-6-5-7-29(34-27)39-20-23-9-12-26(13-10-23)31(3,32)33/h5-13,18,24H,2,14-17,19-20H2,1,3-4H3,(H,37,38). The van der Waals surface area contributed by atoms with Crippen molar-refractivity contribution < 1.29 is 23.4 Å². The largest absolute Gasteiger partial charge is 0.478 e. The number of pyridine rings is 1. The van der Waals surface area contributed by atoms with Crippen LogP contribution < -0.4 is 9.64 Å². The van der Waals surface area contributed by atoms with Crippen molar-refractivity contribution in [2.75, 3.05) is 31.6 Å². The topological polar surface area (TPSA) is 65.9 Å². The van der Waals surface area contributed by atoms with Crippen LogP contribution in [-0.2, 0) is 12.5 Å². The lowest BCUT2D eigenvalue weighted by Crippen LogP contribution is -2.37. The van der Waals surface area contributed by atoms with Gasteiger partial charge in [0.2, 0.25) is 5.88 Å². The first-order valence-corrected chi connectivity index (χ1v) is 13.1. The molecule has 206 valence electrons. The minimum atomic E-state index is -2.86. The van der Waals surface area contributed by atoms with Crippen LogP contribution in [0.25, 0.3) is 0 Å². The van der Waals surface area contributed by atoms with Gasteiger partial charge in [-0.3, -0.25) is 4.90 Å². The van der Waals surface area contributed by atoms with Crippen LogP contribution in [0.2, 0.25) is 0 Å². The molecule has 1 aromatic heterocycles. The van der Waals surface area contributed by atoms with Gasteiger partial charge in [-0.1, -0.05) is 43.0 Å². The van der Waals surface area contributed by atoms with E-state index >= 15 is 0 Å². The Balaban J connectivity index is 1.29. The summed E-state index contributed by atoms with van der Waals surface area (Å²) in [7, 11) is 1.92. The SMILES string of the molecule is C=C(CN1CCC(c2cccc(OCc3ccc(C(C)(F)F)cc3)n2)CC1)N(C)c1cc(C(=O)O)ccc1C. The number of carboxylic acids is 1. The summed E-state index contributed by atoms with van der Waals surface area (Å²) in [6, 6.07) is 17.1. The second-order valence-corrected chi connectivity index (χ2v) is 10.3. The van der Waals surface area contributed by atoms with Crippen LogP contribution in [-0.4, -0.2) is 47.6 Å². The van der Waals surface area contributed by atoms with Gasteiger partial charge in [0.15, 0.2) is 0 Å². The van der Waals surface area contributed by atoms with Gasteiger partial charge in [0.05, 0.1) is 5.56 Å². The number of carboxylic acid groups (broad SMARTS) is 1. The molecule has 0 spiro atoms. The Morgan fingerprint density at radius 2 is 1.85 bits per heavy atom. The molecule has 0 saturated carbocycles. The lowest BCUT2D eigenvalue weighted by atomic mass is 9.93. The first-order chi connectivity index (χ1) is 18.5. The summed E-state index contributed by atoms with van der Waals surface area (Å²) >= 11 is 0. The average Bonchev–Trinajstić information content (AvgIpc) is 2.92. The number of likely N-dealkylation sites (N-methyl/N-ethyl adjacent to an activating group) is 1. The number of nitrogens with zero attached hydrogens (tertiary/aromatic N) is 3. The maximum Gasteiger partial charge on any atom is 0.335 e. The summed E-state index contributed by atoms with van der Waals surface area (Å²) in [5.41, 5.74) is 4.78. The summed E-state index contributed by atoms with van der Waals surface area (Å²) in [4.78, 5) is 20.4. The van der Waals surface area contributed by atoms with E-state index in [0.717, 1.165) is 61.1 Å². The molecule has 1 fully saturated rings. The Bertz CT molecular complexity index is 1310. The number of alkyl halides is 2. The van der Waals surface area contributed by atoms with Crippen LogP contribution in [0.3, 0.4) is 0 Å². The van der Waals surface area contributed by atoms with Crippen LogP contribution in [0, 0.1) is 6.92 Å². The van der Waals surface area contributed by atoms with E-state index in [2.05, 4.69) is 11.5 Å². The van der Waals surface area contributed by atoms with Gasteiger partial charge in [-0.15, -0.1) is 0 Å². The average molecular weight is 536 g/mol. The molecule has 8 heteroatoms. The zero-order chi connectivity index (χ0) is 28.2. The fourth-order valence-corrected chi connectivity index (χ4v) is 4.81. The molecule has 1 aliphatic heterocycles. The lowest BCUT2D eigenvalue weighted by molar-refractivity contribution is 0.0174. The first-order valence-electron chi connectivity index (χ1n) is 13.1. The molecule has 2 heterocycles. The number of anilines is 1. The van der Waals surface area contributed by atoms with Crippen molar-refractivity contribution >= 4 is 11.7 Å². The van der Waals surface area contributed by atoms with Crippen LogP contribution in [0.1, 0.15) is 58.4 Å². The zero-order valence-electron chi connectivity index (χ0n) is 22.7. The molecular formula is C31H35F2N3O3. The summed E-state index contributed by atoms with van der Waals surface area (Å²) in [5.74, 6) is -2.97. The fourth-order valence-electron chi connectivity index (χ4n) is 4.81. The van der Waals surface area contributed by atoms with E-state index in [0.29, 0.717) is 18.3 Å².